The summed E-state index contributed by atoms with van der Waals surface area (Å²) in [7, 11) is 0. The molecule has 0 aliphatic carbocycles. The van der Waals surface area contributed by atoms with Crippen molar-refractivity contribution in [3.8, 4) is 5.75 Å². The number of aromatic amines is 1. The molecule has 1 amide bonds. The van der Waals surface area contributed by atoms with Gasteiger partial charge in [0.25, 0.3) is 5.91 Å². The molecule has 1 heterocycles. The van der Waals surface area contributed by atoms with Gasteiger partial charge in [0.05, 0.1) is 12.2 Å². The van der Waals surface area contributed by atoms with Crippen molar-refractivity contribution < 1.29 is 13.9 Å². The molecule has 0 fully saturated rings. The lowest BCUT2D eigenvalue weighted by Crippen LogP contribution is -2.30. The average molecular weight is 328 g/mol. The van der Waals surface area contributed by atoms with E-state index in [1.807, 2.05) is 13.8 Å². The number of carbonyl (C=O) groups is 1. The summed E-state index contributed by atoms with van der Waals surface area (Å²) in [5.41, 5.74) is 1.55. The van der Waals surface area contributed by atoms with Crippen molar-refractivity contribution in [2.75, 3.05) is 18.1 Å². The van der Waals surface area contributed by atoms with E-state index >= 15 is 0 Å². The Morgan fingerprint density at radius 2 is 1.96 bits per heavy atom. The second-order valence-electron chi connectivity index (χ2n) is 5.12. The molecule has 1 N–H and O–H groups in total. The number of amides is 1. The highest BCUT2D eigenvalue weighted by molar-refractivity contribution is 6.12. The molecule has 7 heteroatoms. The molecule has 0 aliphatic rings. The molecule has 3 aromatic rings. The Morgan fingerprint density at radius 1 is 1.21 bits per heavy atom. The van der Waals surface area contributed by atoms with Gasteiger partial charge in [-0.2, -0.15) is 15.4 Å². The summed E-state index contributed by atoms with van der Waals surface area (Å²) >= 11 is 0. The van der Waals surface area contributed by atoms with Gasteiger partial charge in [-0.3, -0.25) is 4.79 Å². The van der Waals surface area contributed by atoms with Gasteiger partial charge < -0.3 is 9.64 Å². The number of carbonyl (C=O) groups excluding carboxylic acids is 1. The lowest BCUT2D eigenvalue weighted by Gasteiger charge is -2.21. The summed E-state index contributed by atoms with van der Waals surface area (Å²) in [6, 6.07) is 9.61. The Kier molecular flexibility index (Phi) is 4.41. The van der Waals surface area contributed by atoms with Crippen LogP contribution in [0, 0.1) is 5.82 Å². The van der Waals surface area contributed by atoms with Crippen LogP contribution in [-0.4, -0.2) is 34.5 Å². The summed E-state index contributed by atoms with van der Waals surface area (Å²) in [4.78, 5) is 14.5. The normalized spacial score (nSPS) is 10.8. The first-order chi connectivity index (χ1) is 11.6. The summed E-state index contributed by atoms with van der Waals surface area (Å²) in [5.74, 6) is -0.128. The lowest BCUT2D eigenvalue weighted by atomic mass is 10.1. The van der Waals surface area contributed by atoms with Crippen LogP contribution in [0.25, 0.3) is 11.0 Å². The van der Waals surface area contributed by atoms with Gasteiger partial charge in [-0.15, -0.1) is 0 Å². The third-order valence-electron chi connectivity index (χ3n) is 3.64. The number of H-pyrrole nitrogens is 1. The van der Waals surface area contributed by atoms with Crippen LogP contribution < -0.4 is 9.64 Å². The van der Waals surface area contributed by atoms with E-state index < -0.39 is 5.82 Å². The molecule has 0 spiro atoms. The number of nitrogens with one attached hydrogen (secondary N) is 1. The smallest absolute Gasteiger partial charge is 0.260 e. The standard InChI is InChI=1S/C17H17FN4O2/c1-3-22(12-5-7-13(8-6-12)24-4-2)17(23)14-9-11(18)10-15-16(14)20-21-19-15/h5-10H,3-4H2,1-2H3,(H,19,20,21). The Labute approximate surface area is 138 Å². The number of hydrogen-bond acceptors (Lipinski definition) is 4. The molecule has 0 saturated carbocycles. The highest BCUT2D eigenvalue weighted by Gasteiger charge is 2.21. The minimum Gasteiger partial charge on any atom is -0.494 e. The van der Waals surface area contributed by atoms with Crippen molar-refractivity contribution in [3.05, 3.63) is 47.8 Å². The van der Waals surface area contributed by atoms with Crippen molar-refractivity contribution >= 4 is 22.6 Å². The monoisotopic (exact) mass is 328 g/mol. The maximum Gasteiger partial charge on any atom is 0.260 e. The second-order valence-corrected chi connectivity index (χ2v) is 5.12. The highest BCUT2D eigenvalue weighted by atomic mass is 19.1. The van der Waals surface area contributed by atoms with E-state index in [0.29, 0.717) is 29.9 Å². The summed E-state index contributed by atoms with van der Waals surface area (Å²) in [6.45, 7) is 4.77. The van der Waals surface area contributed by atoms with Gasteiger partial charge in [-0.25, -0.2) is 4.39 Å². The van der Waals surface area contributed by atoms with E-state index in [1.165, 1.54) is 12.1 Å². The molecule has 24 heavy (non-hydrogen) atoms. The minimum atomic E-state index is -0.525. The predicted molar refractivity (Wildman–Crippen MR) is 88.8 cm³/mol. The lowest BCUT2D eigenvalue weighted by molar-refractivity contribution is 0.0989. The van der Waals surface area contributed by atoms with Gasteiger partial charge in [-0.05, 0) is 44.2 Å². The Bertz CT molecular complexity index is 861. The fourth-order valence-corrected chi connectivity index (χ4v) is 2.56. The number of nitrogens with zero attached hydrogens (tertiary/aromatic N) is 3. The quantitative estimate of drug-likeness (QED) is 0.781. The maximum atomic E-state index is 13.8. The molecule has 0 saturated heterocycles. The van der Waals surface area contributed by atoms with Gasteiger partial charge >= 0.3 is 0 Å². The van der Waals surface area contributed by atoms with Crippen LogP contribution in [0.5, 0.6) is 5.75 Å². The topological polar surface area (TPSA) is 71.1 Å². The maximum absolute atomic E-state index is 13.8. The molecule has 0 aliphatic heterocycles. The summed E-state index contributed by atoms with van der Waals surface area (Å²) in [5, 5.41) is 10.2. The minimum absolute atomic E-state index is 0.175. The Balaban J connectivity index is 1.97. The van der Waals surface area contributed by atoms with Crippen LogP contribution in [-0.2, 0) is 0 Å². The number of fused-ring (bicyclic) bond motifs is 1. The molecular formula is C17H17FN4O2. The zero-order valence-electron chi connectivity index (χ0n) is 13.4. The molecule has 0 unspecified atom stereocenters. The van der Waals surface area contributed by atoms with Crippen LogP contribution in [0.2, 0.25) is 0 Å². The van der Waals surface area contributed by atoms with Crippen molar-refractivity contribution in [2.45, 2.75) is 13.8 Å². The molecule has 3 rings (SSSR count). The molecule has 0 radical (unpaired) electrons. The van der Waals surface area contributed by atoms with Crippen LogP contribution >= 0.6 is 0 Å². The molecule has 124 valence electrons. The first kappa shape index (κ1) is 15.9. The Morgan fingerprint density at radius 3 is 2.62 bits per heavy atom. The van der Waals surface area contributed by atoms with Gasteiger partial charge in [0.2, 0.25) is 0 Å². The summed E-state index contributed by atoms with van der Waals surface area (Å²) in [6.07, 6.45) is 0. The first-order valence-corrected chi connectivity index (χ1v) is 7.68. The van der Waals surface area contributed by atoms with E-state index in [2.05, 4.69) is 15.4 Å². The fourth-order valence-electron chi connectivity index (χ4n) is 2.56. The SMILES string of the molecule is CCOc1ccc(N(CC)C(=O)c2cc(F)cc3n[nH]nc23)cc1. The van der Waals surface area contributed by atoms with E-state index in [-0.39, 0.29) is 11.5 Å². The number of halogens is 1. The number of aromatic nitrogens is 3. The summed E-state index contributed by atoms with van der Waals surface area (Å²) < 4.78 is 19.2. The third-order valence-corrected chi connectivity index (χ3v) is 3.64. The van der Waals surface area contributed by atoms with Gasteiger partial charge in [0.15, 0.2) is 0 Å². The molecular weight excluding hydrogens is 311 g/mol. The predicted octanol–water partition coefficient (Wildman–Crippen LogP) is 3.16. The highest BCUT2D eigenvalue weighted by Crippen LogP contribution is 2.24. The molecule has 0 atom stereocenters. The first-order valence-electron chi connectivity index (χ1n) is 7.68. The zero-order chi connectivity index (χ0) is 17.1. The van der Waals surface area contributed by atoms with E-state index in [9.17, 15) is 9.18 Å². The number of benzene rings is 2. The largest absolute Gasteiger partial charge is 0.494 e. The number of hydrogen-bond donors (Lipinski definition) is 1. The molecule has 0 bridgehead atoms. The van der Waals surface area contributed by atoms with E-state index in [4.69, 9.17) is 4.74 Å². The fraction of sp³-hybridized carbons (Fsp3) is 0.235. The van der Waals surface area contributed by atoms with E-state index in [1.54, 1.807) is 29.2 Å². The van der Waals surface area contributed by atoms with Crippen molar-refractivity contribution in [1.82, 2.24) is 15.4 Å². The van der Waals surface area contributed by atoms with E-state index in [0.717, 1.165) is 5.75 Å². The van der Waals surface area contributed by atoms with Gasteiger partial charge in [-0.1, -0.05) is 0 Å². The average Bonchev–Trinajstić information content (AvgIpc) is 3.04. The number of rotatable bonds is 5. The van der Waals surface area contributed by atoms with Gasteiger partial charge in [0.1, 0.15) is 22.6 Å². The molecule has 6 nitrogen and oxygen atoms in total. The Hall–Kier alpha value is -2.96. The number of ether oxygens (including phenoxy) is 1. The molecule has 1 aromatic heterocycles. The zero-order valence-corrected chi connectivity index (χ0v) is 13.4. The third kappa shape index (κ3) is 2.92. The van der Waals surface area contributed by atoms with Crippen molar-refractivity contribution in [2.24, 2.45) is 0 Å². The van der Waals surface area contributed by atoms with Crippen LogP contribution in [0.1, 0.15) is 24.2 Å². The van der Waals surface area contributed by atoms with Crippen LogP contribution in [0.3, 0.4) is 0 Å². The van der Waals surface area contributed by atoms with Crippen molar-refractivity contribution in [3.63, 3.8) is 0 Å². The van der Waals surface area contributed by atoms with Crippen LogP contribution in [0.15, 0.2) is 36.4 Å². The van der Waals surface area contributed by atoms with Crippen molar-refractivity contribution in [1.29, 1.82) is 0 Å². The second kappa shape index (κ2) is 6.66. The molecule has 2 aromatic carbocycles. The van der Waals surface area contributed by atoms with Gasteiger partial charge in [0, 0.05) is 18.3 Å². The number of anilines is 1. The van der Waals surface area contributed by atoms with Crippen LogP contribution in [0.4, 0.5) is 10.1 Å².